The van der Waals surface area contributed by atoms with Crippen molar-refractivity contribution < 1.29 is 26.3 Å². The largest absolute Gasteiger partial charge is 0.489 e. The zero-order valence-corrected chi connectivity index (χ0v) is 28.5. The number of hydrogen-bond acceptors (Lipinski definition) is 6. The Morgan fingerprint density at radius 2 is 1.28 bits per heavy atom. The second-order valence-corrected chi connectivity index (χ2v) is 15.8. The van der Waals surface area contributed by atoms with Crippen LogP contribution in [0.15, 0.2) is 135 Å². The molecule has 0 N–H and O–H groups in total. The van der Waals surface area contributed by atoms with Crippen LogP contribution in [0.4, 0.5) is 0 Å². The number of ether oxygens (including phenoxy) is 2. The van der Waals surface area contributed by atoms with Gasteiger partial charge in [-0.25, -0.2) is 16.8 Å². The minimum absolute atomic E-state index is 0.0488. The molecule has 6 nitrogen and oxygen atoms in total. The van der Waals surface area contributed by atoms with Gasteiger partial charge in [-0.1, -0.05) is 52.7 Å². The van der Waals surface area contributed by atoms with Crippen LogP contribution in [0.5, 0.6) is 5.75 Å². The van der Waals surface area contributed by atoms with Gasteiger partial charge in [0.05, 0.1) is 14.7 Å². The van der Waals surface area contributed by atoms with Gasteiger partial charge in [-0.2, -0.15) is 0 Å². The van der Waals surface area contributed by atoms with Crippen LogP contribution < -0.4 is 4.74 Å². The fraction of sp³-hybridized carbons (Fsp3) is 0.314. The molecule has 0 saturated heterocycles. The fourth-order valence-electron chi connectivity index (χ4n) is 3.36. The number of sulfone groups is 2. The molecule has 0 aromatic heterocycles. The van der Waals surface area contributed by atoms with E-state index in [1.54, 1.807) is 50.3 Å². The summed E-state index contributed by atoms with van der Waals surface area (Å²) >= 11 is 0. The minimum atomic E-state index is -3.85. The number of hydrogen-bond donors (Lipinski definition) is 0. The molecule has 0 radical (unpaired) electrons. The predicted molar refractivity (Wildman–Crippen MR) is 180 cm³/mol. The van der Waals surface area contributed by atoms with E-state index in [1.165, 1.54) is 49.4 Å². The summed E-state index contributed by atoms with van der Waals surface area (Å²) in [7, 11) is -7.64. The van der Waals surface area contributed by atoms with E-state index < -0.39 is 25.3 Å². The first-order valence-corrected chi connectivity index (χ1v) is 16.7. The first kappa shape index (κ1) is 37.4. The number of allylic oxidation sites excluding steroid dienone is 11. The number of benzene rings is 1. The molecule has 1 aromatic rings. The standard InChI is InChI=1S/C35H46O6S2/c1-13-29(34(7,8)9)19-16-26(4)42(36,37)27(5)17-20-30(14-2)40-32-22-24-33(25-23-32)43(38,39)28(6)18-21-31(15-3)41-35(10,11)12/h13-25H,1,5-6H2,2-4,7-12H3/b20-17-,21-18-,26-16+,29-19+,30-14+,31-15+. The lowest BCUT2D eigenvalue weighted by Gasteiger charge is -2.21. The molecule has 0 aliphatic heterocycles. The van der Waals surface area contributed by atoms with Crippen LogP contribution in [0, 0.1) is 5.41 Å². The third-order valence-corrected chi connectivity index (χ3v) is 9.46. The van der Waals surface area contributed by atoms with Gasteiger partial charge < -0.3 is 9.47 Å². The van der Waals surface area contributed by atoms with E-state index in [0.29, 0.717) is 17.3 Å². The van der Waals surface area contributed by atoms with Crippen molar-refractivity contribution in [3.63, 3.8) is 0 Å². The average Bonchev–Trinajstić information content (AvgIpc) is 2.91. The normalized spacial score (nSPS) is 14.7. The van der Waals surface area contributed by atoms with Gasteiger partial charge in [-0.15, -0.1) is 0 Å². The van der Waals surface area contributed by atoms with E-state index in [0.717, 1.165) is 5.57 Å². The third-order valence-electron chi connectivity index (χ3n) is 5.93. The van der Waals surface area contributed by atoms with E-state index in [1.807, 2.05) is 41.5 Å². The van der Waals surface area contributed by atoms with Crippen LogP contribution in [-0.4, -0.2) is 22.4 Å². The van der Waals surface area contributed by atoms with Gasteiger partial charge in [0.25, 0.3) is 0 Å². The fourth-order valence-corrected chi connectivity index (χ4v) is 5.32. The van der Waals surface area contributed by atoms with Crippen molar-refractivity contribution in [2.24, 2.45) is 5.41 Å². The summed E-state index contributed by atoms with van der Waals surface area (Å²) in [6.07, 6.45) is 14.2. The van der Waals surface area contributed by atoms with Crippen LogP contribution >= 0.6 is 0 Å². The molecule has 0 atom stereocenters. The van der Waals surface area contributed by atoms with Crippen molar-refractivity contribution in [3.05, 3.63) is 130 Å². The van der Waals surface area contributed by atoms with Crippen LogP contribution in [0.25, 0.3) is 0 Å². The van der Waals surface area contributed by atoms with Gasteiger partial charge in [0.15, 0.2) is 0 Å². The molecule has 0 bridgehead atoms. The van der Waals surface area contributed by atoms with Crippen molar-refractivity contribution in [2.45, 2.75) is 72.8 Å². The zero-order chi connectivity index (χ0) is 33.2. The maximum Gasteiger partial charge on any atom is 0.206 e. The highest BCUT2D eigenvalue weighted by Crippen LogP contribution is 2.27. The Morgan fingerprint density at radius 1 is 0.767 bits per heavy atom. The molecule has 8 heteroatoms. The van der Waals surface area contributed by atoms with Gasteiger partial charge >= 0.3 is 0 Å². The van der Waals surface area contributed by atoms with Crippen LogP contribution in [0.3, 0.4) is 0 Å². The van der Waals surface area contributed by atoms with Gasteiger partial charge in [-0.3, -0.25) is 0 Å². The van der Waals surface area contributed by atoms with Gasteiger partial charge in [0, 0.05) is 4.91 Å². The average molecular weight is 627 g/mol. The van der Waals surface area contributed by atoms with E-state index >= 15 is 0 Å². The monoisotopic (exact) mass is 626 g/mol. The molecule has 0 aliphatic carbocycles. The summed E-state index contributed by atoms with van der Waals surface area (Å²) in [5.41, 5.74) is 0.295. The van der Waals surface area contributed by atoms with E-state index in [9.17, 15) is 16.8 Å². The van der Waals surface area contributed by atoms with Crippen molar-refractivity contribution in [3.8, 4) is 5.75 Å². The Labute approximate surface area is 259 Å². The Morgan fingerprint density at radius 3 is 1.74 bits per heavy atom. The molecule has 0 heterocycles. The maximum atomic E-state index is 13.0. The molecule has 0 saturated carbocycles. The summed E-state index contributed by atoms with van der Waals surface area (Å²) in [5, 5.41) is 0. The summed E-state index contributed by atoms with van der Waals surface area (Å²) in [4.78, 5) is 0.00238. The lowest BCUT2D eigenvalue weighted by Crippen LogP contribution is -2.18. The Kier molecular flexibility index (Phi) is 13.2. The molecular weight excluding hydrogens is 581 g/mol. The Bertz CT molecular complexity index is 1590. The molecule has 1 rings (SSSR count). The van der Waals surface area contributed by atoms with Crippen molar-refractivity contribution in [2.75, 3.05) is 0 Å². The highest BCUT2D eigenvalue weighted by molar-refractivity contribution is 7.99. The predicted octanol–water partition coefficient (Wildman–Crippen LogP) is 9.08. The third kappa shape index (κ3) is 11.5. The minimum Gasteiger partial charge on any atom is -0.489 e. The second kappa shape index (κ2) is 15.2. The molecule has 43 heavy (non-hydrogen) atoms. The summed E-state index contributed by atoms with van der Waals surface area (Å²) in [6.45, 7) is 28.1. The van der Waals surface area contributed by atoms with Crippen LogP contribution in [-0.2, 0) is 24.4 Å². The Balaban J connectivity index is 3.05. The van der Waals surface area contributed by atoms with Crippen LogP contribution in [0.2, 0.25) is 0 Å². The molecule has 0 amide bonds. The SMILES string of the molecule is C=C/C(=C\C=C(/C)S(=O)(=O)C(=C)/C=C\C(=C/C)Oc1ccc(S(=O)(=O)C(=C)/C=C\C(=C/C)OC(C)(C)C)cc1)C(C)(C)C. The first-order chi connectivity index (χ1) is 19.7. The van der Waals surface area contributed by atoms with E-state index in [2.05, 4.69) is 19.7 Å². The number of rotatable bonds is 13. The molecule has 0 unspecified atom stereocenters. The van der Waals surface area contributed by atoms with E-state index in [4.69, 9.17) is 9.47 Å². The zero-order valence-electron chi connectivity index (χ0n) is 26.9. The molecule has 0 spiro atoms. The second-order valence-electron chi connectivity index (χ2n) is 11.6. The van der Waals surface area contributed by atoms with Crippen molar-refractivity contribution >= 4 is 19.7 Å². The van der Waals surface area contributed by atoms with Crippen LogP contribution in [0.1, 0.15) is 62.3 Å². The van der Waals surface area contributed by atoms with Gasteiger partial charge in [0.1, 0.15) is 22.9 Å². The quantitative estimate of drug-likeness (QED) is 0.160. The smallest absolute Gasteiger partial charge is 0.206 e. The van der Waals surface area contributed by atoms with Gasteiger partial charge in [0.2, 0.25) is 19.7 Å². The van der Waals surface area contributed by atoms with Crippen molar-refractivity contribution in [1.82, 2.24) is 0 Å². The molecule has 1 aromatic carbocycles. The molecular formula is C35H46O6S2. The first-order valence-electron chi connectivity index (χ1n) is 13.7. The van der Waals surface area contributed by atoms with Crippen molar-refractivity contribution in [1.29, 1.82) is 0 Å². The van der Waals surface area contributed by atoms with Gasteiger partial charge in [-0.05, 0) is 119 Å². The Hall–Kier alpha value is -3.62. The lowest BCUT2D eigenvalue weighted by atomic mass is 9.86. The van der Waals surface area contributed by atoms with E-state index in [-0.39, 0.29) is 25.0 Å². The molecule has 0 aliphatic rings. The summed E-state index contributed by atoms with van der Waals surface area (Å²) < 4.78 is 63.6. The highest BCUT2D eigenvalue weighted by Gasteiger charge is 2.19. The molecule has 0 fully saturated rings. The molecule has 234 valence electrons. The summed E-state index contributed by atoms with van der Waals surface area (Å²) in [5.74, 6) is 1.24. The topological polar surface area (TPSA) is 86.7 Å². The lowest BCUT2D eigenvalue weighted by molar-refractivity contribution is 0.0597. The highest BCUT2D eigenvalue weighted by atomic mass is 32.2. The maximum absolute atomic E-state index is 13.0. The summed E-state index contributed by atoms with van der Waals surface area (Å²) in [6, 6.07) is 5.86.